The van der Waals surface area contributed by atoms with Crippen molar-refractivity contribution in [3.8, 4) is 11.5 Å². The third-order valence-corrected chi connectivity index (χ3v) is 8.75. The highest BCUT2D eigenvalue weighted by Gasteiger charge is 2.43. The van der Waals surface area contributed by atoms with Gasteiger partial charge in [-0.15, -0.1) is 0 Å². The zero-order valence-corrected chi connectivity index (χ0v) is 28.7. The Morgan fingerprint density at radius 1 is 0.911 bits per heavy atom. The number of nitrogens with zero attached hydrogens (tertiary/aromatic N) is 1. The summed E-state index contributed by atoms with van der Waals surface area (Å²) in [5.74, 6) is 0.981. The van der Waals surface area contributed by atoms with E-state index in [4.69, 9.17) is 27.8 Å². The van der Waals surface area contributed by atoms with Crippen molar-refractivity contribution < 1.29 is 45.5 Å². The van der Waals surface area contributed by atoms with Crippen LogP contribution in [0.1, 0.15) is 83.6 Å². The Labute approximate surface area is 265 Å². The molecule has 0 spiro atoms. The molecule has 1 aliphatic rings. The van der Waals surface area contributed by atoms with Crippen LogP contribution >= 0.6 is 7.82 Å². The SMILES string of the molecule is COc1ccc(CCCOc2ccc(CCC3(COP(=O)(OC(C)(C)C)OC(C)(C)C)COC(C)=N3)cc2C(F)(F)F)cc1C. The molecular formula is C33H47F3NO7P. The maximum absolute atomic E-state index is 14.1. The molecule has 1 heterocycles. The molecule has 0 radical (unpaired) electrons. The molecule has 45 heavy (non-hydrogen) atoms. The van der Waals surface area contributed by atoms with E-state index in [9.17, 15) is 17.7 Å². The number of alkyl halides is 3. The number of aliphatic imine (C=N–C) groups is 1. The Balaban J connectivity index is 1.70. The molecule has 2 aromatic carbocycles. The van der Waals surface area contributed by atoms with Gasteiger partial charge in [0.2, 0.25) is 0 Å². The van der Waals surface area contributed by atoms with Crippen LogP contribution in [0.15, 0.2) is 41.4 Å². The standard InChI is InChI=1S/C33H47F3NO7P/c1-23-19-25(12-14-28(23)39-9)11-10-18-40-29-15-13-26(20-27(29)33(34,35)36)16-17-32(21-41-24(2)37-32)22-42-45(38,43-30(3,4)5)44-31(6,7)8/h12-15,19-20H,10-11,16-18,21-22H2,1-9H3. The fourth-order valence-electron chi connectivity index (χ4n) is 4.86. The molecule has 0 saturated heterocycles. The minimum atomic E-state index is -4.61. The average molecular weight is 658 g/mol. The molecular weight excluding hydrogens is 610 g/mol. The molecule has 1 aliphatic heterocycles. The van der Waals surface area contributed by atoms with Gasteiger partial charge in [0, 0.05) is 6.92 Å². The highest BCUT2D eigenvalue weighted by molar-refractivity contribution is 7.48. The summed E-state index contributed by atoms with van der Waals surface area (Å²) in [6, 6.07) is 9.91. The Kier molecular flexibility index (Phi) is 11.8. The number of rotatable bonds is 14. The molecule has 252 valence electrons. The first-order valence-electron chi connectivity index (χ1n) is 15.0. The first kappa shape index (κ1) is 36.9. The van der Waals surface area contributed by atoms with E-state index in [1.807, 2.05) is 25.1 Å². The fraction of sp³-hybridized carbons (Fsp3) is 0.606. The van der Waals surface area contributed by atoms with E-state index in [1.165, 1.54) is 6.07 Å². The maximum atomic E-state index is 14.1. The number of hydrogen-bond donors (Lipinski definition) is 0. The van der Waals surface area contributed by atoms with Crippen molar-refractivity contribution in [1.82, 2.24) is 0 Å². The highest BCUT2D eigenvalue weighted by Crippen LogP contribution is 2.56. The molecule has 0 amide bonds. The summed E-state index contributed by atoms with van der Waals surface area (Å²) in [6.07, 6.45) is -2.90. The largest absolute Gasteiger partial charge is 0.496 e. The highest BCUT2D eigenvalue weighted by atomic mass is 31.2. The number of ether oxygens (including phenoxy) is 3. The summed E-state index contributed by atoms with van der Waals surface area (Å²) in [5.41, 5.74) is -0.985. The quantitative estimate of drug-likeness (QED) is 0.148. The molecule has 1 atom stereocenters. The van der Waals surface area contributed by atoms with Gasteiger partial charge in [-0.05, 0) is 109 Å². The van der Waals surface area contributed by atoms with Gasteiger partial charge in [-0.25, -0.2) is 9.56 Å². The lowest BCUT2D eigenvalue weighted by atomic mass is 9.93. The summed E-state index contributed by atoms with van der Waals surface area (Å²) >= 11 is 0. The van der Waals surface area contributed by atoms with E-state index >= 15 is 0 Å². The van der Waals surface area contributed by atoms with Crippen molar-refractivity contribution in [3.05, 3.63) is 58.7 Å². The Morgan fingerprint density at radius 2 is 1.51 bits per heavy atom. The van der Waals surface area contributed by atoms with E-state index in [0.29, 0.717) is 24.3 Å². The predicted octanol–water partition coefficient (Wildman–Crippen LogP) is 8.91. The molecule has 0 saturated carbocycles. The molecule has 0 aromatic heterocycles. The number of methoxy groups -OCH3 is 1. The summed E-state index contributed by atoms with van der Waals surface area (Å²) < 4.78 is 89.7. The minimum Gasteiger partial charge on any atom is -0.496 e. The van der Waals surface area contributed by atoms with E-state index in [2.05, 4.69) is 4.99 Å². The molecule has 0 bridgehead atoms. The number of halogens is 3. The monoisotopic (exact) mass is 657 g/mol. The normalized spacial score (nSPS) is 17.6. The summed E-state index contributed by atoms with van der Waals surface area (Å²) in [4.78, 5) is 4.59. The van der Waals surface area contributed by atoms with E-state index in [-0.39, 0.29) is 38.4 Å². The van der Waals surface area contributed by atoms with Crippen LogP contribution in [0, 0.1) is 6.92 Å². The zero-order valence-electron chi connectivity index (χ0n) is 27.8. The van der Waals surface area contributed by atoms with Gasteiger partial charge in [0.05, 0.1) is 37.1 Å². The smallest absolute Gasteiger partial charge is 0.475 e. The minimum absolute atomic E-state index is 0.116. The summed E-state index contributed by atoms with van der Waals surface area (Å²) in [6.45, 7) is 14.1. The molecule has 2 aromatic rings. The van der Waals surface area contributed by atoms with Gasteiger partial charge in [0.15, 0.2) is 5.90 Å². The van der Waals surface area contributed by atoms with Gasteiger partial charge in [-0.3, -0.25) is 13.6 Å². The zero-order chi connectivity index (χ0) is 33.7. The van der Waals surface area contributed by atoms with Crippen molar-refractivity contribution in [2.45, 2.75) is 104 Å². The molecule has 3 rings (SSSR count). The average Bonchev–Trinajstić information content (AvgIpc) is 3.27. The van der Waals surface area contributed by atoms with Crippen LogP contribution in [0.3, 0.4) is 0 Å². The predicted molar refractivity (Wildman–Crippen MR) is 168 cm³/mol. The van der Waals surface area contributed by atoms with Gasteiger partial charge in [0.25, 0.3) is 0 Å². The number of phosphoric ester groups is 1. The second kappa shape index (κ2) is 14.4. The van der Waals surface area contributed by atoms with Crippen LogP contribution < -0.4 is 9.47 Å². The Bertz CT molecular complexity index is 1360. The van der Waals surface area contributed by atoms with Crippen molar-refractivity contribution in [1.29, 1.82) is 0 Å². The van der Waals surface area contributed by atoms with Gasteiger partial charge < -0.3 is 14.2 Å². The molecule has 0 N–H and O–H groups in total. The van der Waals surface area contributed by atoms with E-state index in [0.717, 1.165) is 22.9 Å². The topological polar surface area (TPSA) is 84.8 Å². The molecule has 0 fully saturated rings. The van der Waals surface area contributed by atoms with Crippen LogP contribution in [-0.4, -0.2) is 49.6 Å². The molecule has 8 nitrogen and oxygen atoms in total. The molecule has 1 unspecified atom stereocenters. The summed E-state index contributed by atoms with van der Waals surface area (Å²) in [7, 11) is -2.44. The number of hydrogen-bond acceptors (Lipinski definition) is 8. The third kappa shape index (κ3) is 11.6. The van der Waals surface area contributed by atoms with E-state index in [1.54, 1.807) is 61.6 Å². The molecule has 12 heteroatoms. The van der Waals surface area contributed by atoms with Crippen LogP contribution in [0.25, 0.3) is 0 Å². The second-order valence-corrected chi connectivity index (χ2v) is 14.9. The first-order chi connectivity index (χ1) is 20.7. The first-order valence-corrected chi connectivity index (χ1v) is 16.5. The summed E-state index contributed by atoms with van der Waals surface area (Å²) in [5, 5.41) is 0. The second-order valence-electron chi connectivity index (χ2n) is 13.4. The fourth-order valence-corrected chi connectivity index (χ4v) is 6.75. The van der Waals surface area contributed by atoms with Crippen LogP contribution in [0.5, 0.6) is 11.5 Å². The van der Waals surface area contributed by atoms with Crippen molar-refractivity contribution in [2.24, 2.45) is 4.99 Å². The number of benzene rings is 2. The van der Waals surface area contributed by atoms with Crippen LogP contribution in [0.2, 0.25) is 0 Å². The van der Waals surface area contributed by atoms with Crippen molar-refractivity contribution >= 4 is 13.7 Å². The van der Waals surface area contributed by atoms with Crippen molar-refractivity contribution in [3.63, 3.8) is 0 Å². The Hall–Kier alpha value is -2.59. The lowest BCUT2D eigenvalue weighted by Crippen LogP contribution is -2.36. The van der Waals surface area contributed by atoms with Crippen LogP contribution in [0.4, 0.5) is 13.2 Å². The third-order valence-electron chi connectivity index (χ3n) is 6.76. The van der Waals surface area contributed by atoms with Gasteiger partial charge >= 0.3 is 14.0 Å². The Morgan fingerprint density at radius 3 is 2.02 bits per heavy atom. The lowest BCUT2D eigenvalue weighted by molar-refractivity contribution is -0.139. The lowest BCUT2D eigenvalue weighted by Gasteiger charge is -2.33. The van der Waals surface area contributed by atoms with Gasteiger partial charge in [0.1, 0.15) is 23.6 Å². The van der Waals surface area contributed by atoms with Crippen molar-refractivity contribution in [2.75, 3.05) is 26.9 Å². The number of aryl methyl sites for hydroxylation is 3. The van der Waals surface area contributed by atoms with E-state index < -0.39 is 36.3 Å². The molecule has 0 aliphatic carbocycles. The maximum Gasteiger partial charge on any atom is 0.475 e. The van der Waals surface area contributed by atoms with Gasteiger partial charge in [-0.1, -0.05) is 18.2 Å². The van der Waals surface area contributed by atoms with Gasteiger partial charge in [-0.2, -0.15) is 13.2 Å². The number of phosphoric acid groups is 1. The van der Waals surface area contributed by atoms with Crippen LogP contribution in [-0.2, 0) is 41.9 Å².